The molecule has 6 nitrogen and oxygen atoms in total. The van der Waals surface area contributed by atoms with E-state index in [9.17, 15) is 4.79 Å². The number of aromatic nitrogens is 3. The summed E-state index contributed by atoms with van der Waals surface area (Å²) in [5, 5.41) is 5.46. The minimum atomic E-state index is -0.142. The SMILES string of the molecule is CC1CCCN(C(C)(C)CNC(=O)c2csc(-c3ncccn3)n2)C1. The average Bonchev–Trinajstić information content (AvgIpc) is 3.11. The summed E-state index contributed by atoms with van der Waals surface area (Å²) in [5.74, 6) is 1.13. The van der Waals surface area contributed by atoms with Crippen LogP contribution in [0.5, 0.6) is 0 Å². The van der Waals surface area contributed by atoms with Gasteiger partial charge in [0.05, 0.1) is 0 Å². The first-order chi connectivity index (χ1) is 12.0. The zero-order valence-electron chi connectivity index (χ0n) is 15.0. The maximum Gasteiger partial charge on any atom is 0.270 e. The number of nitrogens with zero attached hydrogens (tertiary/aromatic N) is 4. The Morgan fingerprint density at radius 2 is 2.16 bits per heavy atom. The largest absolute Gasteiger partial charge is 0.349 e. The van der Waals surface area contributed by atoms with E-state index in [-0.39, 0.29) is 11.4 Å². The molecule has 1 atom stereocenters. The van der Waals surface area contributed by atoms with Crippen molar-refractivity contribution < 1.29 is 4.79 Å². The molecule has 3 rings (SSSR count). The Morgan fingerprint density at radius 3 is 2.88 bits per heavy atom. The van der Waals surface area contributed by atoms with Crippen LogP contribution in [0.3, 0.4) is 0 Å². The number of carbonyl (C=O) groups excluding carboxylic acids is 1. The van der Waals surface area contributed by atoms with Crippen molar-refractivity contribution in [2.75, 3.05) is 19.6 Å². The van der Waals surface area contributed by atoms with E-state index in [2.05, 4.69) is 45.9 Å². The number of thiazole rings is 1. The number of hydrogen-bond acceptors (Lipinski definition) is 6. The zero-order valence-corrected chi connectivity index (χ0v) is 15.8. The highest BCUT2D eigenvalue weighted by Crippen LogP contribution is 2.24. The topological polar surface area (TPSA) is 71.0 Å². The van der Waals surface area contributed by atoms with Crippen LogP contribution in [-0.4, -0.2) is 50.9 Å². The zero-order chi connectivity index (χ0) is 17.9. The predicted molar refractivity (Wildman–Crippen MR) is 99.5 cm³/mol. The molecule has 1 aliphatic heterocycles. The van der Waals surface area contributed by atoms with Crippen molar-refractivity contribution in [1.82, 2.24) is 25.2 Å². The second kappa shape index (κ2) is 7.58. The van der Waals surface area contributed by atoms with Gasteiger partial charge in [-0.1, -0.05) is 6.92 Å². The molecule has 1 N–H and O–H groups in total. The molecule has 3 heterocycles. The van der Waals surface area contributed by atoms with Gasteiger partial charge in [-0.2, -0.15) is 0 Å². The van der Waals surface area contributed by atoms with Gasteiger partial charge in [-0.3, -0.25) is 9.69 Å². The number of carbonyl (C=O) groups is 1. The molecule has 1 amide bonds. The monoisotopic (exact) mass is 359 g/mol. The number of amides is 1. The van der Waals surface area contributed by atoms with Gasteiger partial charge in [-0.05, 0) is 45.2 Å². The van der Waals surface area contributed by atoms with Crippen LogP contribution in [0.4, 0.5) is 0 Å². The van der Waals surface area contributed by atoms with Gasteiger partial charge < -0.3 is 5.32 Å². The third kappa shape index (κ3) is 4.41. The van der Waals surface area contributed by atoms with Crippen molar-refractivity contribution >= 4 is 17.2 Å². The summed E-state index contributed by atoms with van der Waals surface area (Å²) in [6.07, 6.45) is 5.87. The third-order valence-corrected chi connectivity index (χ3v) is 5.53. The summed E-state index contributed by atoms with van der Waals surface area (Å²) in [6.45, 7) is 9.47. The van der Waals surface area contributed by atoms with Crippen molar-refractivity contribution in [3.63, 3.8) is 0 Å². The van der Waals surface area contributed by atoms with E-state index >= 15 is 0 Å². The standard InChI is InChI=1S/C18H25N5OS/c1-13-6-4-9-23(10-13)18(2,3)12-21-16(24)14-11-25-17(22-14)15-19-7-5-8-20-15/h5,7-8,11,13H,4,6,9-10,12H2,1-3H3,(H,21,24). The lowest BCUT2D eigenvalue weighted by Gasteiger charge is -2.43. The maximum atomic E-state index is 12.5. The molecule has 0 aliphatic carbocycles. The lowest BCUT2D eigenvalue weighted by Crippen LogP contribution is -2.54. The Labute approximate surface area is 152 Å². The lowest BCUT2D eigenvalue weighted by molar-refractivity contribution is 0.0656. The van der Waals surface area contributed by atoms with E-state index in [1.807, 2.05) is 0 Å². The molecule has 1 fully saturated rings. The summed E-state index contributed by atoms with van der Waals surface area (Å²) in [4.78, 5) is 27.7. The summed E-state index contributed by atoms with van der Waals surface area (Å²) >= 11 is 1.39. The van der Waals surface area contributed by atoms with E-state index in [4.69, 9.17) is 0 Å². The highest BCUT2D eigenvalue weighted by Gasteiger charge is 2.30. The molecule has 1 aliphatic rings. The van der Waals surface area contributed by atoms with Gasteiger partial charge in [0.25, 0.3) is 5.91 Å². The number of likely N-dealkylation sites (tertiary alicyclic amines) is 1. The maximum absolute atomic E-state index is 12.5. The predicted octanol–water partition coefficient (Wildman–Crippen LogP) is 2.84. The first-order valence-electron chi connectivity index (χ1n) is 8.72. The van der Waals surface area contributed by atoms with Gasteiger partial charge in [-0.25, -0.2) is 15.0 Å². The normalized spacial score (nSPS) is 18.9. The number of nitrogens with one attached hydrogen (secondary N) is 1. The van der Waals surface area contributed by atoms with E-state index in [0.29, 0.717) is 23.1 Å². The summed E-state index contributed by atoms with van der Waals surface area (Å²) in [5.41, 5.74) is 0.362. The van der Waals surface area contributed by atoms with Gasteiger partial charge in [0.2, 0.25) is 0 Å². The van der Waals surface area contributed by atoms with Crippen molar-refractivity contribution in [3.05, 3.63) is 29.5 Å². The molecule has 0 aromatic carbocycles. The van der Waals surface area contributed by atoms with Crippen molar-refractivity contribution in [1.29, 1.82) is 0 Å². The summed E-state index contributed by atoms with van der Waals surface area (Å²) in [7, 11) is 0. The van der Waals surface area contributed by atoms with Crippen molar-refractivity contribution in [2.45, 2.75) is 39.2 Å². The first-order valence-corrected chi connectivity index (χ1v) is 9.60. The van der Waals surface area contributed by atoms with Crippen LogP contribution >= 0.6 is 11.3 Å². The second-order valence-corrected chi connectivity index (χ2v) is 8.16. The van der Waals surface area contributed by atoms with Crippen LogP contribution in [0.15, 0.2) is 23.8 Å². The Hall–Kier alpha value is -1.86. The van der Waals surface area contributed by atoms with Crippen molar-refractivity contribution in [3.8, 4) is 10.8 Å². The third-order valence-electron chi connectivity index (χ3n) is 4.69. The molecule has 0 radical (unpaired) electrons. The molecular weight excluding hydrogens is 334 g/mol. The van der Waals surface area contributed by atoms with E-state index in [1.165, 1.54) is 24.2 Å². The minimum absolute atomic E-state index is 0.0638. The van der Waals surface area contributed by atoms with Gasteiger partial charge in [0.15, 0.2) is 10.8 Å². The highest BCUT2D eigenvalue weighted by atomic mass is 32.1. The smallest absolute Gasteiger partial charge is 0.270 e. The summed E-state index contributed by atoms with van der Waals surface area (Å²) in [6, 6.07) is 1.76. The highest BCUT2D eigenvalue weighted by molar-refractivity contribution is 7.13. The van der Waals surface area contributed by atoms with Crippen LogP contribution in [-0.2, 0) is 0 Å². The van der Waals surface area contributed by atoms with Crippen LogP contribution in [0.1, 0.15) is 44.1 Å². The molecule has 2 aromatic heterocycles. The minimum Gasteiger partial charge on any atom is -0.349 e. The molecular formula is C18H25N5OS. The van der Waals surface area contributed by atoms with Crippen molar-refractivity contribution in [2.24, 2.45) is 5.92 Å². The quantitative estimate of drug-likeness (QED) is 0.889. The van der Waals surface area contributed by atoms with Gasteiger partial charge >= 0.3 is 0 Å². The molecule has 1 saturated heterocycles. The molecule has 134 valence electrons. The molecule has 7 heteroatoms. The Kier molecular flexibility index (Phi) is 5.44. The molecule has 0 spiro atoms. The molecule has 1 unspecified atom stereocenters. The van der Waals surface area contributed by atoms with Gasteiger partial charge in [-0.15, -0.1) is 11.3 Å². The fraction of sp³-hybridized carbons (Fsp3) is 0.556. The Balaban J connectivity index is 1.60. The fourth-order valence-corrected chi connectivity index (χ4v) is 3.87. The lowest BCUT2D eigenvalue weighted by atomic mass is 9.93. The Bertz CT molecular complexity index is 715. The van der Waals surface area contributed by atoms with Crippen LogP contribution in [0, 0.1) is 5.92 Å². The van der Waals surface area contributed by atoms with Gasteiger partial charge in [0.1, 0.15) is 5.69 Å². The molecule has 0 saturated carbocycles. The van der Waals surface area contributed by atoms with Gasteiger partial charge in [0, 0.05) is 36.4 Å². The number of hydrogen-bond donors (Lipinski definition) is 1. The molecule has 0 bridgehead atoms. The van der Waals surface area contributed by atoms with E-state index in [0.717, 1.165) is 19.0 Å². The first kappa shape index (κ1) is 17.9. The number of piperidine rings is 1. The molecule has 25 heavy (non-hydrogen) atoms. The Morgan fingerprint density at radius 1 is 1.40 bits per heavy atom. The van der Waals surface area contributed by atoms with E-state index in [1.54, 1.807) is 23.8 Å². The second-order valence-electron chi connectivity index (χ2n) is 7.30. The average molecular weight is 359 g/mol. The van der Waals surface area contributed by atoms with Crippen LogP contribution in [0.2, 0.25) is 0 Å². The molecule has 2 aromatic rings. The number of rotatable bonds is 5. The fourth-order valence-electron chi connectivity index (χ4n) is 3.13. The van der Waals surface area contributed by atoms with E-state index < -0.39 is 0 Å². The summed E-state index contributed by atoms with van der Waals surface area (Å²) < 4.78 is 0. The van der Waals surface area contributed by atoms with Crippen LogP contribution < -0.4 is 5.32 Å². The van der Waals surface area contributed by atoms with Crippen LogP contribution in [0.25, 0.3) is 10.8 Å².